The van der Waals surface area contributed by atoms with Gasteiger partial charge < -0.3 is 4.42 Å². The summed E-state index contributed by atoms with van der Waals surface area (Å²) in [5.41, 5.74) is 5.83. The fourth-order valence-corrected chi connectivity index (χ4v) is 5.87. The molecule has 1 heteroatoms. The summed E-state index contributed by atoms with van der Waals surface area (Å²) in [6, 6.07) is 37.3. The molecule has 0 N–H and O–H groups in total. The summed E-state index contributed by atoms with van der Waals surface area (Å²) in [4.78, 5) is 0. The topological polar surface area (TPSA) is 13.1 Å². The van der Waals surface area contributed by atoms with Crippen molar-refractivity contribution in [2.45, 2.75) is 26.2 Å². The van der Waals surface area contributed by atoms with Gasteiger partial charge in [0.25, 0.3) is 0 Å². The number of benzene rings is 6. The normalized spacial score (nSPS) is 12.4. The van der Waals surface area contributed by atoms with Crippen molar-refractivity contribution < 1.29 is 4.42 Å². The van der Waals surface area contributed by atoms with Gasteiger partial charge in [-0.15, -0.1) is 0 Å². The van der Waals surface area contributed by atoms with Gasteiger partial charge in [0.1, 0.15) is 11.2 Å². The zero-order valence-corrected chi connectivity index (χ0v) is 20.2. The molecule has 0 bridgehead atoms. The minimum atomic E-state index is 0.0313. The van der Waals surface area contributed by atoms with Crippen LogP contribution in [0.2, 0.25) is 0 Å². The lowest BCUT2D eigenvalue weighted by Crippen LogP contribution is -2.13. The molecule has 7 rings (SSSR count). The van der Waals surface area contributed by atoms with Gasteiger partial charge in [-0.1, -0.05) is 99.6 Å². The number of rotatable bonds is 1. The monoisotopic (exact) mass is 450 g/mol. The molecule has 35 heavy (non-hydrogen) atoms. The van der Waals surface area contributed by atoms with E-state index in [1.54, 1.807) is 0 Å². The molecule has 1 aromatic heterocycles. The molecule has 0 saturated heterocycles. The molecule has 0 unspecified atom stereocenters. The van der Waals surface area contributed by atoms with Crippen LogP contribution in [0.15, 0.2) is 108 Å². The molecule has 0 aliphatic rings. The minimum absolute atomic E-state index is 0.0313. The summed E-state index contributed by atoms with van der Waals surface area (Å²) in [6.45, 7) is 6.94. The van der Waals surface area contributed by atoms with E-state index in [2.05, 4.69) is 124 Å². The summed E-state index contributed by atoms with van der Waals surface area (Å²) in [7, 11) is 0. The first-order valence-electron chi connectivity index (χ1n) is 12.3. The summed E-state index contributed by atoms with van der Waals surface area (Å²) < 4.78 is 6.29. The molecule has 168 valence electrons. The summed E-state index contributed by atoms with van der Waals surface area (Å²) in [5, 5.41) is 10.0. The van der Waals surface area contributed by atoms with Crippen molar-refractivity contribution >= 4 is 54.3 Å². The van der Waals surface area contributed by atoms with Crippen molar-refractivity contribution in [2.24, 2.45) is 0 Å². The van der Waals surface area contributed by atoms with Gasteiger partial charge in [0, 0.05) is 10.8 Å². The van der Waals surface area contributed by atoms with E-state index in [4.69, 9.17) is 4.42 Å². The number of fused-ring (bicyclic) bond motifs is 6. The quantitative estimate of drug-likeness (QED) is 0.227. The van der Waals surface area contributed by atoms with Crippen LogP contribution in [0.4, 0.5) is 0 Å². The molecule has 0 fully saturated rings. The predicted octanol–water partition coefficient (Wildman–Crippen LogP) is 10.0. The smallest absolute Gasteiger partial charge is 0.136 e. The summed E-state index contributed by atoms with van der Waals surface area (Å²) >= 11 is 0. The average Bonchev–Trinajstić information content (AvgIpc) is 3.21. The Labute approximate surface area is 204 Å². The molecule has 0 aliphatic heterocycles. The molecular weight excluding hydrogens is 424 g/mol. The third kappa shape index (κ3) is 3.01. The Kier molecular flexibility index (Phi) is 4.17. The molecule has 0 aliphatic carbocycles. The van der Waals surface area contributed by atoms with Crippen molar-refractivity contribution in [2.75, 3.05) is 0 Å². The number of furan rings is 1. The van der Waals surface area contributed by atoms with Crippen molar-refractivity contribution in [3.05, 3.63) is 109 Å². The zero-order chi connectivity index (χ0) is 23.7. The van der Waals surface area contributed by atoms with E-state index < -0.39 is 0 Å². The maximum absolute atomic E-state index is 6.29. The lowest BCUT2D eigenvalue weighted by Gasteiger charge is -2.26. The highest BCUT2D eigenvalue weighted by molar-refractivity contribution is 6.17. The van der Waals surface area contributed by atoms with E-state index in [1.807, 2.05) is 0 Å². The molecule has 0 radical (unpaired) electrons. The molecule has 7 aromatic rings. The Hall–Kier alpha value is -4.10. The predicted molar refractivity (Wildman–Crippen MR) is 150 cm³/mol. The second-order valence-electron chi connectivity index (χ2n) is 10.6. The van der Waals surface area contributed by atoms with Gasteiger partial charge in [-0.25, -0.2) is 0 Å². The van der Waals surface area contributed by atoms with Gasteiger partial charge in [0.2, 0.25) is 0 Å². The Morgan fingerprint density at radius 2 is 1.03 bits per heavy atom. The molecule has 0 amide bonds. The highest BCUT2D eigenvalue weighted by atomic mass is 16.3. The number of hydrogen-bond acceptors (Lipinski definition) is 1. The van der Waals surface area contributed by atoms with E-state index in [9.17, 15) is 0 Å². The van der Waals surface area contributed by atoms with E-state index in [-0.39, 0.29) is 5.41 Å². The van der Waals surface area contributed by atoms with Crippen LogP contribution in [0.3, 0.4) is 0 Å². The minimum Gasteiger partial charge on any atom is -0.456 e. The summed E-state index contributed by atoms with van der Waals surface area (Å²) in [6.07, 6.45) is 0. The zero-order valence-electron chi connectivity index (χ0n) is 20.2. The van der Waals surface area contributed by atoms with Gasteiger partial charge in [0.15, 0.2) is 0 Å². The van der Waals surface area contributed by atoms with Crippen LogP contribution in [-0.4, -0.2) is 0 Å². The maximum atomic E-state index is 6.29. The summed E-state index contributed by atoms with van der Waals surface area (Å²) in [5.74, 6) is 0. The molecular formula is C34H26O. The number of hydrogen-bond donors (Lipinski definition) is 0. The largest absolute Gasteiger partial charge is 0.456 e. The highest BCUT2D eigenvalue weighted by Crippen LogP contribution is 2.44. The molecule has 1 nitrogen and oxygen atoms in total. The highest BCUT2D eigenvalue weighted by Gasteiger charge is 2.23. The molecule has 0 atom stereocenters. The third-order valence-electron chi connectivity index (χ3n) is 7.31. The van der Waals surface area contributed by atoms with Gasteiger partial charge in [0.05, 0.1) is 0 Å². The second kappa shape index (κ2) is 7.20. The van der Waals surface area contributed by atoms with Crippen molar-refractivity contribution in [3.63, 3.8) is 0 Å². The van der Waals surface area contributed by atoms with Crippen LogP contribution < -0.4 is 0 Å². The van der Waals surface area contributed by atoms with E-state index in [0.29, 0.717) is 0 Å². The first kappa shape index (κ1) is 20.3. The van der Waals surface area contributed by atoms with Crippen LogP contribution in [-0.2, 0) is 5.41 Å². The van der Waals surface area contributed by atoms with Crippen molar-refractivity contribution in [3.8, 4) is 11.1 Å². The van der Waals surface area contributed by atoms with Gasteiger partial charge in [-0.3, -0.25) is 0 Å². The van der Waals surface area contributed by atoms with Gasteiger partial charge in [-0.05, 0) is 78.7 Å². The molecule has 1 heterocycles. The van der Waals surface area contributed by atoms with Crippen molar-refractivity contribution in [1.29, 1.82) is 0 Å². The fourth-order valence-electron chi connectivity index (χ4n) is 5.87. The van der Waals surface area contributed by atoms with Crippen LogP contribution in [0.5, 0.6) is 0 Å². The SMILES string of the molecule is CC(C)(C)c1c2ccccc2c(-c2ccc3oc4cc5ccccc5cc4c3c2)c2ccccc12. The van der Waals surface area contributed by atoms with E-state index >= 15 is 0 Å². The van der Waals surface area contributed by atoms with Crippen LogP contribution in [0, 0.1) is 0 Å². The third-order valence-corrected chi connectivity index (χ3v) is 7.31. The standard InChI is InChI=1S/C34H26O/c1-34(2,3)33-26-14-8-6-12-24(26)32(25-13-7-9-15-27(25)33)23-16-17-30-28(19-23)29-18-21-10-4-5-11-22(21)20-31(29)35-30/h4-20H,1-3H3. The van der Waals surface area contributed by atoms with Gasteiger partial charge in [-0.2, -0.15) is 0 Å². The second-order valence-corrected chi connectivity index (χ2v) is 10.6. The first-order chi connectivity index (χ1) is 17.0. The van der Waals surface area contributed by atoms with Gasteiger partial charge >= 0.3 is 0 Å². The Balaban J connectivity index is 1.60. The molecule has 0 spiro atoms. The first-order valence-corrected chi connectivity index (χ1v) is 12.3. The maximum Gasteiger partial charge on any atom is 0.136 e. The average molecular weight is 451 g/mol. The van der Waals surface area contributed by atoms with E-state index in [1.165, 1.54) is 54.4 Å². The van der Waals surface area contributed by atoms with Crippen LogP contribution in [0.1, 0.15) is 26.3 Å². The fraction of sp³-hybridized carbons (Fsp3) is 0.118. The van der Waals surface area contributed by atoms with Crippen molar-refractivity contribution in [1.82, 2.24) is 0 Å². The Bertz CT molecular complexity index is 1870. The van der Waals surface area contributed by atoms with Crippen LogP contribution >= 0.6 is 0 Å². The lowest BCUT2D eigenvalue weighted by atomic mass is 9.78. The molecule has 0 saturated carbocycles. The van der Waals surface area contributed by atoms with E-state index in [0.717, 1.165) is 16.6 Å². The Morgan fingerprint density at radius 3 is 1.66 bits per heavy atom. The Morgan fingerprint density at radius 1 is 0.486 bits per heavy atom. The molecule has 6 aromatic carbocycles. The lowest BCUT2D eigenvalue weighted by molar-refractivity contribution is 0.601. The van der Waals surface area contributed by atoms with Crippen LogP contribution in [0.25, 0.3) is 65.4 Å².